The van der Waals surface area contributed by atoms with E-state index in [1.165, 1.54) is 11.1 Å². The highest BCUT2D eigenvalue weighted by molar-refractivity contribution is 5.93. The van der Waals surface area contributed by atoms with Crippen LogP contribution in [-0.2, 0) is 24.3 Å². The highest BCUT2D eigenvalue weighted by Crippen LogP contribution is 2.18. The summed E-state index contributed by atoms with van der Waals surface area (Å²) in [5.74, 6) is 0.636. The molecule has 2 aromatic carbocycles. The second-order valence-electron chi connectivity index (χ2n) is 7.78. The number of amides is 2. The molecule has 0 aliphatic carbocycles. The minimum absolute atomic E-state index is 0.0242. The lowest BCUT2D eigenvalue weighted by molar-refractivity contribution is -0.130. The lowest BCUT2D eigenvalue weighted by atomic mass is 10.00. The molecule has 7 nitrogen and oxygen atoms in total. The van der Waals surface area contributed by atoms with E-state index in [0.29, 0.717) is 31.2 Å². The molecule has 0 radical (unpaired) electrons. The van der Waals surface area contributed by atoms with Crippen molar-refractivity contribution < 1.29 is 9.59 Å². The number of fused-ring (bicyclic) bond motifs is 1. The van der Waals surface area contributed by atoms with Crippen molar-refractivity contribution >= 4 is 17.8 Å². The number of carbonyl (C=O) groups excluding carboxylic acids is 2. The van der Waals surface area contributed by atoms with Gasteiger partial charge in [0.1, 0.15) is 0 Å². The zero-order valence-electron chi connectivity index (χ0n) is 18.5. The number of benzene rings is 2. The van der Waals surface area contributed by atoms with Gasteiger partial charge in [0, 0.05) is 39.3 Å². The third-order valence-corrected chi connectivity index (χ3v) is 5.26. The van der Waals surface area contributed by atoms with Crippen LogP contribution in [0.2, 0.25) is 0 Å². The molecule has 7 heteroatoms. The van der Waals surface area contributed by atoms with E-state index < -0.39 is 0 Å². The van der Waals surface area contributed by atoms with Crippen LogP contribution in [-0.4, -0.2) is 61.3 Å². The number of hydrogen-bond donors (Lipinski definition) is 2. The molecule has 31 heavy (non-hydrogen) atoms. The van der Waals surface area contributed by atoms with Crippen LogP contribution in [0.1, 0.15) is 34.0 Å². The summed E-state index contributed by atoms with van der Waals surface area (Å²) in [6, 6.07) is 15.7. The summed E-state index contributed by atoms with van der Waals surface area (Å²) >= 11 is 0. The maximum absolute atomic E-state index is 12.7. The van der Waals surface area contributed by atoms with E-state index in [2.05, 4.69) is 27.8 Å². The number of hydrogen-bond acceptors (Lipinski definition) is 3. The molecule has 0 saturated heterocycles. The molecule has 0 unspecified atom stereocenters. The maximum atomic E-state index is 12.7. The summed E-state index contributed by atoms with van der Waals surface area (Å²) in [7, 11) is 3.47. The molecule has 2 aromatic rings. The van der Waals surface area contributed by atoms with Crippen LogP contribution in [0, 0.1) is 0 Å². The average molecular weight is 422 g/mol. The van der Waals surface area contributed by atoms with Gasteiger partial charge < -0.3 is 20.4 Å². The van der Waals surface area contributed by atoms with Gasteiger partial charge in [0.2, 0.25) is 5.91 Å². The molecule has 0 saturated carbocycles. The summed E-state index contributed by atoms with van der Waals surface area (Å²) in [6.07, 6.45) is 0.891. The average Bonchev–Trinajstić information content (AvgIpc) is 2.80. The van der Waals surface area contributed by atoms with E-state index in [9.17, 15) is 9.59 Å². The van der Waals surface area contributed by atoms with Gasteiger partial charge in [-0.05, 0) is 42.2 Å². The van der Waals surface area contributed by atoms with Crippen molar-refractivity contribution in [1.82, 2.24) is 20.4 Å². The third-order valence-electron chi connectivity index (χ3n) is 5.26. The monoisotopic (exact) mass is 421 g/mol. The standard InChI is InChI=1S/C24H31N5O2/c1-4-25-24(26-15-18-9-11-20(12-10-18)23(31)28(2)3)27-16-22(30)29-14-13-19-7-5-6-8-21(19)17-29/h5-12H,4,13-17H2,1-3H3,(H2,25,26,27). The Labute approximate surface area is 184 Å². The number of aliphatic imine (C=N–C) groups is 1. The van der Waals surface area contributed by atoms with E-state index in [0.717, 1.165) is 18.5 Å². The topological polar surface area (TPSA) is 77.0 Å². The first-order valence-electron chi connectivity index (χ1n) is 10.6. The molecule has 0 spiro atoms. The Morgan fingerprint density at radius 1 is 1.03 bits per heavy atom. The fraction of sp³-hybridized carbons (Fsp3) is 0.375. The SMILES string of the molecule is CCNC(=NCc1ccc(C(=O)N(C)C)cc1)NCC(=O)N1CCc2ccccc2C1. The van der Waals surface area contributed by atoms with Crippen molar-refractivity contribution in [3.63, 3.8) is 0 Å². The third kappa shape index (κ3) is 6.07. The highest BCUT2D eigenvalue weighted by atomic mass is 16.2. The van der Waals surface area contributed by atoms with Crippen molar-refractivity contribution in [2.24, 2.45) is 4.99 Å². The second kappa shape index (κ2) is 10.6. The first kappa shape index (κ1) is 22.3. The minimum Gasteiger partial charge on any atom is -0.357 e. The predicted octanol–water partition coefficient (Wildman–Crippen LogP) is 2.03. The van der Waals surface area contributed by atoms with Crippen LogP contribution in [0.15, 0.2) is 53.5 Å². The van der Waals surface area contributed by atoms with Crippen molar-refractivity contribution in [1.29, 1.82) is 0 Å². The molecule has 0 aromatic heterocycles. The largest absolute Gasteiger partial charge is 0.357 e. The van der Waals surface area contributed by atoms with E-state index in [1.807, 2.05) is 48.2 Å². The number of guanidine groups is 1. The summed E-state index contributed by atoms with van der Waals surface area (Å²) in [5, 5.41) is 6.32. The van der Waals surface area contributed by atoms with Crippen molar-refractivity contribution in [2.45, 2.75) is 26.4 Å². The van der Waals surface area contributed by atoms with Crippen molar-refractivity contribution in [3.05, 3.63) is 70.8 Å². The van der Waals surface area contributed by atoms with E-state index in [1.54, 1.807) is 19.0 Å². The summed E-state index contributed by atoms with van der Waals surface area (Å²) < 4.78 is 0. The lowest BCUT2D eigenvalue weighted by Crippen LogP contribution is -2.45. The molecule has 0 bridgehead atoms. The fourth-order valence-corrected chi connectivity index (χ4v) is 3.50. The molecule has 3 rings (SSSR count). The smallest absolute Gasteiger partial charge is 0.253 e. The van der Waals surface area contributed by atoms with Gasteiger partial charge in [-0.15, -0.1) is 0 Å². The normalized spacial score (nSPS) is 13.4. The zero-order valence-corrected chi connectivity index (χ0v) is 18.5. The summed E-state index contributed by atoms with van der Waals surface area (Å²) in [5.41, 5.74) is 4.19. The number of carbonyl (C=O) groups is 2. The molecular formula is C24H31N5O2. The van der Waals surface area contributed by atoms with E-state index in [4.69, 9.17) is 0 Å². The van der Waals surface area contributed by atoms with Gasteiger partial charge in [-0.2, -0.15) is 0 Å². The Balaban J connectivity index is 1.55. The minimum atomic E-state index is -0.0242. The Morgan fingerprint density at radius 3 is 2.42 bits per heavy atom. The van der Waals surface area contributed by atoms with Crippen LogP contribution < -0.4 is 10.6 Å². The van der Waals surface area contributed by atoms with Gasteiger partial charge in [-0.3, -0.25) is 9.59 Å². The Bertz CT molecular complexity index is 937. The van der Waals surface area contributed by atoms with Crippen LogP contribution in [0.4, 0.5) is 0 Å². The maximum Gasteiger partial charge on any atom is 0.253 e. The van der Waals surface area contributed by atoms with Gasteiger partial charge in [-0.25, -0.2) is 4.99 Å². The molecule has 0 fully saturated rings. The number of nitrogens with zero attached hydrogens (tertiary/aromatic N) is 3. The van der Waals surface area contributed by atoms with Crippen LogP contribution in [0.3, 0.4) is 0 Å². The number of nitrogens with one attached hydrogen (secondary N) is 2. The van der Waals surface area contributed by atoms with Crippen LogP contribution in [0.5, 0.6) is 0 Å². The molecule has 164 valence electrons. The van der Waals surface area contributed by atoms with E-state index >= 15 is 0 Å². The van der Waals surface area contributed by atoms with Crippen molar-refractivity contribution in [3.8, 4) is 0 Å². The first-order chi connectivity index (χ1) is 15.0. The molecule has 1 heterocycles. The summed E-state index contributed by atoms with van der Waals surface area (Å²) in [6.45, 7) is 4.74. The van der Waals surface area contributed by atoms with Gasteiger partial charge >= 0.3 is 0 Å². The summed E-state index contributed by atoms with van der Waals surface area (Å²) in [4.78, 5) is 32.7. The first-order valence-corrected chi connectivity index (χ1v) is 10.6. The number of rotatable bonds is 6. The van der Waals surface area contributed by atoms with Crippen LogP contribution >= 0.6 is 0 Å². The molecule has 0 atom stereocenters. The van der Waals surface area contributed by atoms with E-state index in [-0.39, 0.29) is 18.4 Å². The Morgan fingerprint density at radius 2 is 1.74 bits per heavy atom. The van der Waals surface area contributed by atoms with Gasteiger partial charge in [0.15, 0.2) is 5.96 Å². The predicted molar refractivity (Wildman–Crippen MR) is 123 cm³/mol. The lowest BCUT2D eigenvalue weighted by Gasteiger charge is -2.29. The van der Waals surface area contributed by atoms with Gasteiger partial charge in [0.05, 0.1) is 13.1 Å². The Kier molecular flexibility index (Phi) is 7.65. The zero-order chi connectivity index (χ0) is 22.2. The molecule has 2 amide bonds. The highest BCUT2D eigenvalue weighted by Gasteiger charge is 2.20. The second-order valence-corrected chi connectivity index (χ2v) is 7.78. The van der Waals surface area contributed by atoms with Crippen molar-refractivity contribution in [2.75, 3.05) is 33.7 Å². The van der Waals surface area contributed by atoms with Gasteiger partial charge in [-0.1, -0.05) is 36.4 Å². The molecule has 1 aliphatic heterocycles. The quantitative estimate of drug-likeness (QED) is 0.553. The molecular weight excluding hydrogens is 390 g/mol. The van der Waals surface area contributed by atoms with Crippen LogP contribution in [0.25, 0.3) is 0 Å². The van der Waals surface area contributed by atoms with Gasteiger partial charge in [0.25, 0.3) is 5.91 Å². The fourth-order valence-electron chi connectivity index (χ4n) is 3.50. The molecule has 1 aliphatic rings. The Hall–Kier alpha value is -3.35. The molecule has 2 N–H and O–H groups in total.